The topological polar surface area (TPSA) is 66.9 Å². The summed E-state index contributed by atoms with van der Waals surface area (Å²) in [5, 5.41) is 2.51. The van der Waals surface area contributed by atoms with Crippen LogP contribution in [-0.2, 0) is 6.18 Å². The summed E-state index contributed by atoms with van der Waals surface area (Å²) in [4.78, 5) is 26.1. The van der Waals surface area contributed by atoms with Crippen LogP contribution in [0.4, 0.5) is 13.2 Å². The molecule has 0 saturated carbocycles. The number of hydrogen-bond donors (Lipinski definition) is 2. The van der Waals surface area contributed by atoms with Gasteiger partial charge in [-0.1, -0.05) is 6.07 Å². The lowest BCUT2D eigenvalue weighted by Crippen LogP contribution is -2.41. The molecule has 1 aromatic carbocycles. The molecule has 0 radical (unpaired) electrons. The molecule has 1 aromatic heterocycles. The third kappa shape index (κ3) is 2.22. The van der Waals surface area contributed by atoms with Crippen molar-refractivity contribution in [2.45, 2.75) is 19.3 Å². The lowest BCUT2D eigenvalue weighted by Gasteiger charge is -2.15. The van der Waals surface area contributed by atoms with Crippen LogP contribution in [0.2, 0.25) is 0 Å². The van der Waals surface area contributed by atoms with Crippen LogP contribution in [0.1, 0.15) is 18.7 Å². The maximum atomic E-state index is 12.9. The van der Waals surface area contributed by atoms with Crippen molar-refractivity contribution in [1.29, 1.82) is 0 Å². The Bertz CT molecular complexity index is 761. The molecule has 1 heterocycles. The number of halogens is 3. The van der Waals surface area contributed by atoms with Crippen molar-refractivity contribution in [3.8, 4) is 0 Å². The molecule has 0 aliphatic rings. The highest BCUT2D eigenvalue weighted by Gasteiger charge is 2.33. The zero-order valence-electron chi connectivity index (χ0n) is 10.7. The van der Waals surface area contributed by atoms with Crippen molar-refractivity contribution in [3.05, 3.63) is 44.6 Å². The summed E-state index contributed by atoms with van der Waals surface area (Å²) >= 11 is 0. The van der Waals surface area contributed by atoms with E-state index in [2.05, 4.69) is 10.3 Å². The quantitative estimate of drug-likeness (QED) is 0.878. The Balaban J connectivity index is 2.91. The summed E-state index contributed by atoms with van der Waals surface area (Å²) in [6.07, 6.45) is -5.28. The lowest BCUT2D eigenvalue weighted by molar-refractivity contribution is -0.136. The van der Waals surface area contributed by atoms with Gasteiger partial charge in [0.1, 0.15) is 0 Å². The van der Waals surface area contributed by atoms with Crippen molar-refractivity contribution in [2.75, 3.05) is 7.05 Å². The molecular formula is C12H12F3N3O2. The van der Waals surface area contributed by atoms with E-state index < -0.39 is 34.7 Å². The minimum Gasteiger partial charge on any atom is -0.306 e. The number of fused-ring (bicyclic) bond motifs is 1. The second-order valence-corrected chi connectivity index (χ2v) is 4.30. The first-order valence-electron chi connectivity index (χ1n) is 5.79. The molecule has 8 heteroatoms. The summed E-state index contributed by atoms with van der Waals surface area (Å²) < 4.78 is 39.4. The van der Waals surface area contributed by atoms with Crippen LogP contribution >= 0.6 is 0 Å². The molecule has 20 heavy (non-hydrogen) atoms. The Kier molecular flexibility index (Phi) is 3.43. The Hall–Kier alpha value is -2.09. The van der Waals surface area contributed by atoms with Gasteiger partial charge in [-0.05, 0) is 26.1 Å². The normalized spacial score (nSPS) is 13.7. The zero-order chi connectivity index (χ0) is 15.1. The molecule has 5 nitrogen and oxygen atoms in total. The van der Waals surface area contributed by atoms with Crippen LogP contribution in [0.25, 0.3) is 10.9 Å². The lowest BCUT2D eigenvalue weighted by atomic mass is 10.1. The number of alkyl halides is 3. The van der Waals surface area contributed by atoms with Crippen molar-refractivity contribution in [1.82, 2.24) is 14.9 Å². The average Bonchev–Trinajstić information content (AvgIpc) is 2.36. The van der Waals surface area contributed by atoms with Gasteiger partial charge in [-0.2, -0.15) is 13.2 Å². The van der Waals surface area contributed by atoms with Gasteiger partial charge in [0.2, 0.25) is 0 Å². The van der Waals surface area contributed by atoms with Gasteiger partial charge in [-0.3, -0.25) is 4.79 Å². The number of hydrogen-bond acceptors (Lipinski definition) is 3. The number of rotatable bonds is 2. The van der Waals surface area contributed by atoms with E-state index in [0.29, 0.717) is 0 Å². The van der Waals surface area contributed by atoms with E-state index in [0.717, 1.165) is 16.7 Å². The van der Waals surface area contributed by atoms with E-state index in [1.807, 2.05) is 0 Å². The van der Waals surface area contributed by atoms with Crippen LogP contribution in [-0.4, -0.2) is 16.6 Å². The fourth-order valence-electron chi connectivity index (χ4n) is 1.97. The second kappa shape index (κ2) is 4.78. The Morgan fingerprint density at radius 3 is 2.50 bits per heavy atom. The van der Waals surface area contributed by atoms with E-state index in [1.165, 1.54) is 13.1 Å². The number of H-pyrrole nitrogens is 1. The van der Waals surface area contributed by atoms with Crippen molar-refractivity contribution in [3.63, 3.8) is 0 Å². The van der Waals surface area contributed by atoms with Crippen LogP contribution in [0.5, 0.6) is 0 Å². The number of benzene rings is 1. The number of aromatic nitrogens is 2. The fourth-order valence-corrected chi connectivity index (χ4v) is 1.97. The first-order chi connectivity index (χ1) is 9.27. The minimum atomic E-state index is -4.64. The molecule has 1 unspecified atom stereocenters. The highest BCUT2D eigenvalue weighted by molar-refractivity contribution is 5.81. The summed E-state index contributed by atoms with van der Waals surface area (Å²) in [5.41, 5.74) is -3.18. The first-order valence-corrected chi connectivity index (χ1v) is 5.79. The van der Waals surface area contributed by atoms with E-state index in [1.54, 1.807) is 6.92 Å². The van der Waals surface area contributed by atoms with Gasteiger partial charge in [0.25, 0.3) is 5.56 Å². The predicted molar refractivity (Wildman–Crippen MR) is 67.6 cm³/mol. The summed E-state index contributed by atoms with van der Waals surface area (Å²) in [5.74, 6) is 0. The largest absolute Gasteiger partial charge is 0.418 e. The summed E-state index contributed by atoms with van der Waals surface area (Å²) in [6.45, 7) is 1.55. The number of nitrogens with zero attached hydrogens (tertiary/aromatic N) is 1. The zero-order valence-corrected chi connectivity index (χ0v) is 10.7. The van der Waals surface area contributed by atoms with Crippen LogP contribution < -0.4 is 16.6 Å². The molecular weight excluding hydrogens is 275 g/mol. The molecule has 1 atom stereocenters. The first kappa shape index (κ1) is 14.3. The highest BCUT2D eigenvalue weighted by atomic mass is 19.4. The Labute approximate surface area is 111 Å². The van der Waals surface area contributed by atoms with E-state index in [9.17, 15) is 22.8 Å². The van der Waals surface area contributed by atoms with Crippen LogP contribution in [0, 0.1) is 0 Å². The van der Waals surface area contributed by atoms with Crippen molar-refractivity contribution in [2.24, 2.45) is 0 Å². The molecule has 0 aliphatic carbocycles. The molecule has 2 N–H and O–H groups in total. The number of nitrogens with one attached hydrogen (secondary N) is 2. The van der Waals surface area contributed by atoms with Gasteiger partial charge in [-0.15, -0.1) is 0 Å². The molecule has 0 bridgehead atoms. The number of para-hydroxylation sites is 1. The fraction of sp³-hybridized carbons (Fsp3) is 0.333. The van der Waals surface area contributed by atoms with Gasteiger partial charge in [0.05, 0.1) is 22.6 Å². The standard InChI is InChI=1S/C12H12F3N3O2/c1-6(16-2)18-10(19)7-4-3-5-8(12(13,14)15)9(7)17-11(18)20/h3-6,16H,1-2H3,(H,17,20). The van der Waals surface area contributed by atoms with Crippen molar-refractivity contribution < 1.29 is 13.2 Å². The van der Waals surface area contributed by atoms with Crippen LogP contribution in [0.3, 0.4) is 0 Å². The molecule has 0 saturated heterocycles. The molecule has 2 aromatic rings. The monoisotopic (exact) mass is 287 g/mol. The Morgan fingerprint density at radius 2 is 1.95 bits per heavy atom. The number of aromatic amines is 1. The minimum absolute atomic E-state index is 0.179. The highest BCUT2D eigenvalue weighted by Crippen LogP contribution is 2.32. The molecule has 2 rings (SSSR count). The van der Waals surface area contributed by atoms with Gasteiger partial charge in [0.15, 0.2) is 0 Å². The Morgan fingerprint density at radius 1 is 1.30 bits per heavy atom. The maximum absolute atomic E-state index is 12.9. The van der Waals surface area contributed by atoms with Gasteiger partial charge in [-0.25, -0.2) is 9.36 Å². The average molecular weight is 287 g/mol. The molecule has 0 spiro atoms. The third-order valence-electron chi connectivity index (χ3n) is 3.07. The predicted octanol–water partition coefficient (Wildman–Crippen LogP) is 1.45. The smallest absolute Gasteiger partial charge is 0.306 e. The summed E-state index contributed by atoms with van der Waals surface area (Å²) in [7, 11) is 1.53. The van der Waals surface area contributed by atoms with Gasteiger partial charge < -0.3 is 10.3 Å². The molecule has 108 valence electrons. The summed E-state index contributed by atoms with van der Waals surface area (Å²) in [6, 6.07) is 3.21. The molecule has 0 amide bonds. The SMILES string of the molecule is CNC(C)n1c(=O)[nH]c2c(C(F)(F)F)cccc2c1=O. The van der Waals surface area contributed by atoms with E-state index in [4.69, 9.17) is 0 Å². The van der Waals surface area contributed by atoms with Crippen LogP contribution in [0.15, 0.2) is 27.8 Å². The van der Waals surface area contributed by atoms with Gasteiger partial charge >= 0.3 is 11.9 Å². The molecule has 0 aliphatic heterocycles. The second-order valence-electron chi connectivity index (χ2n) is 4.30. The third-order valence-corrected chi connectivity index (χ3v) is 3.07. The van der Waals surface area contributed by atoms with Crippen molar-refractivity contribution >= 4 is 10.9 Å². The molecule has 0 fully saturated rings. The maximum Gasteiger partial charge on any atom is 0.418 e. The van der Waals surface area contributed by atoms with E-state index in [-0.39, 0.29) is 5.39 Å². The van der Waals surface area contributed by atoms with E-state index >= 15 is 0 Å². The van der Waals surface area contributed by atoms with Gasteiger partial charge in [0, 0.05) is 0 Å².